The van der Waals surface area contributed by atoms with E-state index >= 15 is 0 Å². The van der Waals surface area contributed by atoms with E-state index in [4.69, 9.17) is 14.5 Å². The van der Waals surface area contributed by atoms with E-state index in [0.29, 0.717) is 17.7 Å². The largest absolute Gasteiger partial charge is 0.457 e. The minimum Gasteiger partial charge on any atom is -0.457 e. The summed E-state index contributed by atoms with van der Waals surface area (Å²) in [5.74, 6) is -2.78. The lowest BCUT2D eigenvalue weighted by Gasteiger charge is -2.42. The maximum absolute atomic E-state index is 13.6. The molecule has 0 spiro atoms. The van der Waals surface area contributed by atoms with E-state index in [9.17, 15) is 22.4 Å². The number of carbonyl (C=O) groups excluding carboxylic acids is 1. The second-order valence-corrected chi connectivity index (χ2v) is 9.79. The number of Topliss-reactive ketones (excluding diaryl/α,β-unsaturated/α-hetero) is 1. The summed E-state index contributed by atoms with van der Waals surface area (Å²) in [6, 6.07) is 14.7. The number of ketones is 1. The topological polar surface area (TPSA) is 48.4 Å². The Bertz CT molecular complexity index is 1250. The van der Waals surface area contributed by atoms with Gasteiger partial charge in [0.2, 0.25) is 0 Å². The molecule has 2 aromatic carbocycles. The summed E-state index contributed by atoms with van der Waals surface area (Å²) in [4.78, 5) is 16.5. The van der Waals surface area contributed by atoms with Gasteiger partial charge in [-0.25, -0.2) is 4.39 Å². The van der Waals surface area contributed by atoms with Gasteiger partial charge in [-0.2, -0.15) is 13.2 Å². The lowest BCUT2D eigenvalue weighted by molar-refractivity contribution is -0.127. The highest BCUT2D eigenvalue weighted by Crippen LogP contribution is 2.41. The molecule has 1 saturated carbocycles. The molecule has 0 saturated heterocycles. The van der Waals surface area contributed by atoms with Crippen molar-refractivity contribution in [2.24, 2.45) is 5.92 Å². The Hall–Kier alpha value is -3.26. The fourth-order valence-electron chi connectivity index (χ4n) is 4.45. The lowest BCUT2D eigenvalue weighted by Crippen LogP contribution is -2.39. The number of hydrogen-bond donors (Lipinski definition) is 0. The Morgan fingerprint density at radius 3 is 2.35 bits per heavy atom. The monoisotopic (exact) mass is 515 g/mol. The van der Waals surface area contributed by atoms with Gasteiger partial charge < -0.3 is 9.47 Å². The average molecular weight is 516 g/mol. The minimum atomic E-state index is -5.15. The molecule has 1 heterocycles. The Labute approximate surface area is 213 Å². The molecule has 8 heteroatoms. The standard InChI is InChI=1S/C29H29F4NO3/c1-4-25(37-28(2,3)19-7-5-8-19)24-10-6-9-23(34-24)18-11-14-21(15-12-18)36-26-16-13-20(30)17-22(26)27(35)29(31,32)33/h6,9-17,19,25H,4-5,7-8H2,1-3H3/t25-/m1/s1. The van der Waals surface area contributed by atoms with Crippen molar-refractivity contribution in [3.8, 4) is 22.8 Å². The van der Waals surface area contributed by atoms with Gasteiger partial charge in [0.15, 0.2) is 0 Å². The Morgan fingerprint density at radius 1 is 1.05 bits per heavy atom. The molecule has 37 heavy (non-hydrogen) atoms. The molecule has 4 rings (SSSR count). The van der Waals surface area contributed by atoms with Crippen LogP contribution in [0.25, 0.3) is 11.3 Å². The highest BCUT2D eigenvalue weighted by Gasteiger charge is 2.41. The third kappa shape index (κ3) is 6.18. The number of hydrogen-bond acceptors (Lipinski definition) is 4. The zero-order valence-electron chi connectivity index (χ0n) is 20.9. The summed E-state index contributed by atoms with van der Waals surface area (Å²) in [6.07, 6.45) is -0.941. The van der Waals surface area contributed by atoms with E-state index in [1.807, 2.05) is 18.2 Å². The minimum absolute atomic E-state index is 0.152. The molecule has 1 atom stereocenters. The SMILES string of the molecule is CC[C@@H](OC(C)(C)C1CCC1)c1cccc(-c2ccc(Oc3ccc(F)cc3C(=O)C(F)(F)F)cc2)n1. The Balaban J connectivity index is 1.53. The smallest absolute Gasteiger partial charge is 0.455 e. The number of nitrogens with zero attached hydrogens (tertiary/aromatic N) is 1. The van der Waals surface area contributed by atoms with Gasteiger partial charge >= 0.3 is 6.18 Å². The van der Waals surface area contributed by atoms with Gasteiger partial charge in [-0.1, -0.05) is 19.4 Å². The van der Waals surface area contributed by atoms with Crippen molar-refractivity contribution in [1.29, 1.82) is 0 Å². The van der Waals surface area contributed by atoms with E-state index in [2.05, 4.69) is 20.8 Å². The maximum Gasteiger partial charge on any atom is 0.455 e. The van der Waals surface area contributed by atoms with Crippen LogP contribution in [0.3, 0.4) is 0 Å². The highest BCUT2D eigenvalue weighted by atomic mass is 19.4. The molecular weight excluding hydrogens is 486 g/mol. The zero-order valence-corrected chi connectivity index (χ0v) is 20.9. The van der Waals surface area contributed by atoms with Crippen molar-refractivity contribution in [2.45, 2.75) is 64.3 Å². The normalized spacial score (nSPS) is 15.2. The fraction of sp³-hybridized carbons (Fsp3) is 0.379. The molecule has 0 N–H and O–H groups in total. The van der Waals surface area contributed by atoms with Gasteiger partial charge in [-0.15, -0.1) is 0 Å². The van der Waals surface area contributed by atoms with E-state index in [1.165, 1.54) is 19.3 Å². The van der Waals surface area contributed by atoms with Crippen LogP contribution in [0.1, 0.15) is 68.6 Å². The summed E-state index contributed by atoms with van der Waals surface area (Å²) < 4.78 is 64.4. The number of rotatable bonds is 9. The van der Waals surface area contributed by atoms with Crippen LogP contribution in [-0.4, -0.2) is 22.5 Å². The van der Waals surface area contributed by atoms with Crippen LogP contribution in [0.5, 0.6) is 11.5 Å². The summed E-state index contributed by atoms with van der Waals surface area (Å²) in [7, 11) is 0. The van der Waals surface area contributed by atoms with Crippen LogP contribution < -0.4 is 4.74 Å². The van der Waals surface area contributed by atoms with Gasteiger partial charge in [0.25, 0.3) is 5.78 Å². The summed E-state index contributed by atoms with van der Waals surface area (Å²) in [5.41, 5.74) is 1.19. The van der Waals surface area contributed by atoms with Crippen LogP contribution in [0.4, 0.5) is 17.6 Å². The van der Waals surface area contributed by atoms with E-state index in [1.54, 1.807) is 24.3 Å². The van der Waals surface area contributed by atoms with Gasteiger partial charge in [0.05, 0.1) is 28.7 Å². The molecule has 3 aromatic rings. The van der Waals surface area contributed by atoms with Gasteiger partial charge in [0.1, 0.15) is 17.3 Å². The molecule has 1 aromatic heterocycles. The number of halogens is 4. The van der Waals surface area contributed by atoms with Crippen molar-refractivity contribution in [3.05, 3.63) is 77.7 Å². The second-order valence-electron chi connectivity index (χ2n) is 9.79. The predicted octanol–water partition coefficient (Wildman–Crippen LogP) is 8.47. The molecule has 0 unspecified atom stereocenters. The number of alkyl halides is 3. The van der Waals surface area contributed by atoms with Crippen molar-refractivity contribution in [2.75, 3.05) is 0 Å². The molecule has 1 fully saturated rings. The molecule has 1 aliphatic rings. The van der Waals surface area contributed by atoms with E-state index in [0.717, 1.165) is 29.8 Å². The first kappa shape index (κ1) is 26.8. The van der Waals surface area contributed by atoms with Crippen LogP contribution in [0.15, 0.2) is 60.7 Å². The summed E-state index contributed by atoms with van der Waals surface area (Å²) in [5, 5.41) is 0. The second kappa shape index (κ2) is 10.6. The van der Waals surface area contributed by atoms with Crippen molar-refractivity contribution in [1.82, 2.24) is 4.98 Å². The number of carbonyl (C=O) groups is 1. The summed E-state index contributed by atoms with van der Waals surface area (Å²) >= 11 is 0. The molecule has 0 radical (unpaired) electrons. The van der Waals surface area contributed by atoms with Gasteiger partial charge in [0, 0.05) is 5.56 Å². The average Bonchev–Trinajstić information content (AvgIpc) is 2.82. The third-order valence-corrected chi connectivity index (χ3v) is 6.83. The van der Waals surface area contributed by atoms with Crippen LogP contribution in [0, 0.1) is 11.7 Å². The highest BCUT2D eigenvalue weighted by molar-refractivity contribution is 6.02. The van der Waals surface area contributed by atoms with Gasteiger partial charge in [-0.3, -0.25) is 9.78 Å². The maximum atomic E-state index is 13.6. The molecule has 4 nitrogen and oxygen atoms in total. The molecule has 196 valence electrons. The summed E-state index contributed by atoms with van der Waals surface area (Å²) in [6.45, 7) is 6.34. The quantitative estimate of drug-likeness (QED) is 0.212. The van der Waals surface area contributed by atoms with Crippen molar-refractivity contribution in [3.63, 3.8) is 0 Å². The Kier molecular flexibility index (Phi) is 7.69. The lowest BCUT2D eigenvalue weighted by atomic mass is 9.74. The number of ether oxygens (including phenoxy) is 2. The Morgan fingerprint density at radius 2 is 1.76 bits per heavy atom. The number of benzene rings is 2. The van der Waals surface area contributed by atoms with E-state index < -0.39 is 23.3 Å². The van der Waals surface area contributed by atoms with Gasteiger partial charge in [-0.05, 0) is 93.6 Å². The van der Waals surface area contributed by atoms with Crippen LogP contribution in [-0.2, 0) is 4.74 Å². The first-order valence-electron chi connectivity index (χ1n) is 12.3. The number of aromatic nitrogens is 1. The molecule has 0 aliphatic heterocycles. The number of pyridine rings is 1. The third-order valence-electron chi connectivity index (χ3n) is 6.83. The van der Waals surface area contributed by atoms with Crippen molar-refractivity contribution >= 4 is 5.78 Å². The van der Waals surface area contributed by atoms with Crippen LogP contribution >= 0.6 is 0 Å². The fourth-order valence-corrected chi connectivity index (χ4v) is 4.45. The molecule has 0 amide bonds. The first-order chi connectivity index (χ1) is 17.5. The van der Waals surface area contributed by atoms with Crippen molar-refractivity contribution < 1.29 is 31.8 Å². The van der Waals surface area contributed by atoms with E-state index in [-0.39, 0.29) is 23.2 Å². The predicted molar refractivity (Wildman–Crippen MR) is 132 cm³/mol. The molecule has 1 aliphatic carbocycles. The molecule has 0 bridgehead atoms. The van der Waals surface area contributed by atoms with Crippen LogP contribution in [0.2, 0.25) is 0 Å². The molecular formula is C29H29F4NO3. The first-order valence-corrected chi connectivity index (χ1v) is 12.3. The zero-order chi connectivity index (χ0) is 26.8.